The van der Waals surface area contributed by atoms with E-state index in [9.17, 15) is 4.79 Å². The van der Waals surface area contributed by atoms with E-state index in [4.69, 9.17) is 0 Å². The van der Waals surface area contributed by atoms with E-state index >= 15 is 0 Å². The van der Waals surface area contributed by atoms with Crippen molar-refractivity contribution >= 4 is 33.3 Å². The Hall–Kier alpha value is -1.73. The number of thiophene rings is 1. The zero-order valence-corrected chi connectivity index (χ0v) is 17.7. The number of hydrogen-bond acceptors (Lipinski definition) is 6. The van der Waals surface area contributed by atoms with Crippen LogP contribution in [-0.2, 0) is 4.79 Å². The Bertz CT molecular complexity index is 778. The van der Waals surface area contributed by atoms with E-state index in [2.05, 4.69) is 52.8 Å². The van der Waals surface area contributed by atoms with Crippen LogP contribution >= 0.6 is 11.3 Å². The second kappa shape index (κ2) is 8.97. The summed E-state index contributed by atoms with van der Waals surface area (Å²) in [5.41, 5.74) is 1.28. The zero-order chi connectivity index (χ0) is 19.4. The van der Waals surface area contributed by atoms with Crippen LogP contribution in [0.15, 0.2) is 6.33 Å². The van der Waals surface area contributed by atoms with Crippen LogP contribution in [0.25, 0.3) is 10.2 Å². The van der Waals surface area contributed by atoms with Gasteiger partial charge in [0.1, 0.15) is 17.0 Å². The van der Waals surface area contributed by atoms with Gasteiger partial charge in [-0.15, -0.1) is 11.3 Å². The molecule has 3 heterocycles. The highest BCUT2D eigenvalue weighted by Gasteiger charge is 2.27. The molecule has 1 amide bonds. The van der Waals surface area contributed by atoms with Gasteiger partial charge in [-0.2, -0.15) is 0 Å². The molecule has 0 spiro atoms. The predicted molar refractivity (Wildman–Crippen MR) is 113 cm³/mol. The van der Waals surface area contributed by atoms with Gasteiger partial charge in [0.25, 0.3) is 0 Å². The first-order chi connectivity index (χ1) is 13.0. The maximum absolute atomic E-state index is 12.5. The first-order valence-electron chi connectivity index (χ1n) is 10.0. The van der Waals surface area contributed by atoms with Gasteiger partial charge in [0.15, 0.2) is 0 Å². The molecule has 2 aromatic rings. The molecule has 6 nitrogen and oxygen atoms in total. The van der Waals surface area contributed by atoms with Crippen molar-refractivity contribution in [3.63, 3.8) is 0 Å². The second-order valence-corrected chi connectivity index (χ2v) is 8.44. The van der Waals surface area contributed by atoms with Crippen molar-refractivity contribution in [1.82, 2.24) is 20.2 Å². The van der Waals surface area contributed by atoms with E-state index in [-0.39, 0.29) is 11.8 Å². The standard InChI is InChI=1S/C20H31N5OS/c1-5-24(6-2)12-9-21-19(26)16-7-10-25(11-8-16)18-17-14(3)15(4)27-20(17)23-13-22-18/h13,16H,5-12H2,1-4H3,(H,21,26). The summed E-state index contributed by atoms with van der Waals surface area (Å²) in [6, 6.07) is 0. The Labute approximate surface area is 166 Å². The molecule has 3 rings (SSSR count). The number of anilines is 1. The lowest BCUT2D eigenvalue weighted by Gasteiger charge is -2.32. The van der Waals surface area contributed by atoms with Crippen molar-refractivity contribution < 1.29 is 4.79 Å². The molecular formula is C20H31N5OS. The molecule has 148 valence electrons. The Morgan fingerprint density at radius 3 is 2.63 bits per heavy atom. The molecule has 0 saturated carbocycles. The quantitative estimate of drug-likeness (QED) is 0.789. The van der Waals surface area contributed by atoms with Gasteiger partial charge in [-0.1, -0.05) is 13.8 Å². The number of nitrogens with one attached hydrogen (secondary N) is 1. The average Bonchev–Trinajstić information content (AvgIpc) is 2.99. The van der Waals surface area contributed by atoms with Crippen LogP contribution in [0, 0.1) is 19.8 Å². The van der Waals surface area contributed by atoms with E-state index in [1.54, 1.807) is 17.7 Å². The van der Waals surface area contributed by atoms with Crippen molar-refractivity contribution in [1.29, 1.82) is 0 Å². The number of fused-ring (bicyclic) bond motifs is 1. The summed E-state index contributed by atoms with van der Waals surface area (Å²) >= 11 is 1.73. The number of piperidine rings is 1. The van der Waals surface area contributed by atoms with Crippen LogP contribution in [0.1, 0.15) is 37.1 Å². The molecule has 1 fully saturated rings. The molecule has 0 aromatic carbocycles. The van der Waals surface area contributed by atoms with Gasteiger partial charge < -0.3 is 15.1 Å². The largest absolute Gasteiger partial charge is 0.356 e. The molecular weight excluding hydrogens is 358 g/mol. The van der Waals surface area contributed by atoms with Gasteiger partial charge in [0, 0.05) is 37.0 Å². The average molecular weight is 390 g/mol. The number of rotatable bonds is 7. The molecule has 7 heteroatoms. The third-order valence-corrected chi connectivity index (χ3v) is 6.85. The highest BCUT2D eigenvalue weighted by molar-refractivity contribution is 7.18. The number of likely N-dealkylation sites (N-methyl/N-ethyl adjacent to an activating group) is 1. The molecule has 0 unspecified atom stereocenters. The van der Waals surface area contributed by atoms with Crippen LogP contribution in [-0.4, -0.2) is 60.0 Å². The van der Waals surface area contributed by atoms with Crippen LogP contribution < -0.4 is 10.2 Å². The molecule has 0 atom stereocenters. The Kier molecular flexibility index (Phi) is 6.65. The summed E-state index contributed by atoms with van der Waals surface area (Å²) in [5.74, 6) is 1.35. The molecule has 2 aromatic heterocycles. The molecule has 27 heavy (non-hydrogen) atoms. The molecule has 0 bridgehead atoms. The number of aryl methyl sites for hydroxylation is 2. The zero-order valence-electron chi connectivity index (χ0n) is 16.9. The highest BCUT2D eigenvalue weighted by Crippen LogP contribution is 2.35. The lowest BCUT2D eigenvalue weighted by molar-refractivity contribution is -0.125. The number of carbonyl (C=O) groups is 1. The fourth-order valence-electron chi connectivity index (χ4n) is 3.78. The second-order valence-electron chi connectivity index (χ2n) is 7.24. The van der Waals surface area contributed by atoms with Gasteiger partial charge in [-0.05, 0) is 45.3 Å². The van der Waals surface area contributed by atoms with Crippen molar-refractivity contribution in [2.75, 3.05) is 44.2 Å². The van der Waals surface area contributed by atoms with Crippen molar-refractivity contribution in [2.45, 2.75) is 40.5 Å². The monoisotopic (exact) mass is 389 g/mol. The summed E-state index contributed by atoms with van der Waals surface area (Å²) in [6.45, 7) is 14.1. The minimum Gasteiger partial charge on any atom is -0.356 e. The normalized spacial score (nSPS) is 15.7. The van der Waals surface area contributed by atoms with E-state index in [1.807, 2.05) is 0 Å². The summed E-state index contributed by atoms with van der Waals surface area (Å²) in [4.78, 5) is 28.5. The molecule has 1 aliphatic heterocycles. The fourth-order valence-corrected chi connectivity index (χ4v) is 4.77. The Morgan fingerprint density at radius 1 is 1.26 bits per heavy atom. The summed E-state index contributed by atoms with van der Waals surface area (Å²) < 4.78 is 0. The Balaban J connectivity index is 1.57. The smallest absolute Gasteiger partial charge is 0.223 e. The van der Waals surface area contributed by atoms with Gasteiger partial charge in [-0.3, -0.25) is 4.79 Å². The molecule has 1 aliphatic rings. The van der Waals surface area contributed by atoms with Crippen molar-refractivity contribution in [3.8, 4) is 0 Å². The van der Waals surface area contributed by atoms with E-state index in [0.29, 0.717) is 0 Å². The van der Waals surface area contributed by atoms with E-state index in [0.717, 1.165) is 62.8 Å². The van der Waals surface area contributed by atoms with Gasteiger partial charge in [-0.25, -0.2) is 9.97 Å². The number of amides is 1. The minimum absolute atomic E-state index is 0.112. The van der Waals surface area contributed by atoms with Crippen molar-refractivity contribution in [3.05, 3.63) is 16.8 Å². The number of hydrogen-bond donors (Lipinski definition) is 1. The topological polar surface area (TPSA) is 61.4 Å². The van der Waals surface area contributed by atoms with Crippen LogP contribution in [0.3, 0.4) is 0 Å². The Morgan fingerprint density at radius 2 is 1.96 bits per heavy atom. The van der Waals surface area contributed by atoms with Crippen LogP contribution in [0.2, 0.25) is 0 Å². The lowest BCUT2D eigenvalue weighted by Crippen LogP contribution is -2.43. The summed E-state index contributed by atoms with van der Waals surface area (Å²) in [6.07, 6.45) is 3.43. The van der Waals surface area contributed by atoms with E-state index < -0.39 is 0 Å². The number of nitrogens with zero attached hydrogens (tertiary/aromatic N) is 4. The highest BCUT2D eigenvalue weighted by atomic mass is 32.1. The van der Waals surface area contributed by atoms with E-state index in [1.165, 1.54) is 15.8 Å². The molecule has 0 aliphatic carbocycles. The molecule has 1 N–H and O–H groups in total. The third-order valence-electron chi connectivity index (χ3n) is 5.73. The minimum atomic E-state index is 0.112. The van der Waals surface area contributed by atoms with Crippen molar-refractivity contribution in [2.24, 2.45) is 5.92 Å². The number of carbonyl (C=O) groups excluding carboxylic acids is 1. The predicted octanol–water partition coefficient (Wildman–Crippen LogP) is 2.98. The summed E-state index contributed by atoms with van der Waals surface area (Å²) in [5, 5.41) is 4.31. The first kappa shape index (κ1) is 20.0. The van der Waals surface area contributed by atoms with Crippen LogP contribution in [0.5, 0.6) is 0 Å². The van der Waals surface area contributed by atoms with Gasteiger partial charge in [0.2, 0.25) is 5.91 Å². The van der Waals surface area contributed by atoms with Crippen LogP contribution in [0.4, 0.5) is 5.82 Å². The fraction of sp³-hybridized carbons (Fsp3) is 0.650. The van der Waals surface area contributed by atoms with Gasteiger partial charge in [0.05, 0.1) is 5.39 Å². The lowest BCUT2D eigenvalue weighted by atomic mass is 9.95. The summed E-state index contributed by atoms with van der Waals surface area (Å²) in [7, 11) is 0. The first-order valence-corrected chi connectivity index (χ1v) is 10.8. The molecule has 1 saturated heterocycles. The number of aromatic nitrogens is 2. The SMILES string of the molecule is CCN(CC)CCNC(=O)C1CCN(c2ncnc3sc(C)c(C)c23)CC1. The molecule has 0 radical (unpaired) electrons. The maximum atomic E-state index is 12.5. The maximum Gasteiger partial charge on any atom is 0.223 e. The third kappa shape index (κ3) is 4.41. The van der Waals surface area contributed by atoms with Gasteiger partial charge >= 0.3 is 0 Å².